The van der Waals surface area contributed by atoms with E-state index >= 15 is 0 Å². The molecule has 120 valence electrons. The van der Waals surface area contributed by atoms with Crippen molar-refractivity contribution in [3.8, 4) is 11.4 Å². The highest BCUT2D eigenvalue weighted by atomic mass is 19.4. The molecule has 0 aliphatic carbocycles. The van der Waals surface area contributed by atoms with Crippen molar-refractivity contribution >= 4 is 23.7 Å². The zero-order valence-electron chi connectivity index (χ0n) is 12.1. The van der Waals surface area contributed by atoms with E-state index in [4.69, 9.17) is 0 Å². The largest absolute Gasteiger partial charge is 0.408 e. The summed E-state index contributed by atoms with van der Waals surface area (Å²) >= 11 is 0. The van der Waals surface area contributed by atoms with E-state index in [1.165, 1.54) is 18.7 Å². The number of alkyl halides is 3. The Morgan fingerprint density at radius 3 is 2.74 bits per heavy atom. The molecule has 0 bridgehead atoms. The van der Waals surface area contributed by atoms with Crippen LogP contribution in [-0.2, 0) is 13.1 Å². The van der Waals surface area contributed by atoms with Gasteiger partial charge in [-0.15, -0.1) is 0 Å². The van der Waals surface area contributed by atoms with Gasteiger partial charge in [0.25, 0.3) is 0 Å². The van der Waals surface area contributed by atoms with E-state index in [1.807, 2.05) is 6.92 Å². The lowest BCUT2D eigenvalue weighted by molar-refractivity contribution is -0.142. The predicted molar refractivity (Wildman–Crippen MR) is 77.5 cm³/mol. The minimum Gasteiger partial charge on any atom is -0.309 e. The van der Waals surface area contributed by atoms with Crippen molar-refractivity contribution in [2.24, 2.45) is 4.99 Å². The van der Waals surface area contributed by atoms with Gasteiger partial charge in [0.05, 0.1) is 11.8 Å². The Morgan fingerprint density at radius 1 is 1.30 bits per heavy atom. The molecule has 0 aliphatic heterocycles. The van der Waals surface area contributed by atoms with Crippen LogP contribution in [0.4, 0.5) is 19.0 Å². The standard InChI is InChI=1S/C13H12F3N7/c1-3-23-11(8-4-20-22(5-8)6-13(14,15)16)21-9-10(17-2)18-7-19-12(9)23/h4-5,7H,2-3,6H2,1H3. The predicted octanol–water partition coefficient (Wildman–Crippen LogP) is 2.60. The van der Waals surface area contributed by atoms with Crippen LogP contribution in [0.2, 0.25) is 0 Å². The summed E-state index contributed by atoms with van der Waals surface area (Å²) in [6, 6.07) is 0. The van der Waals surface area contributed by atoms with Crippen LogP contribution in [-0.4, -0.2) is 42.2 Å². The van der Waals surface area contributed by atoms with Gasteiger partial charge in [-0.05, 0) is 13.6 Å². The first-order valence-corrected chi connectivity index (χ1v) is 6.70. The fourth-order valence-corrected chi connectivity index (χ4v) is 2.31. The van der Waals surface area contributed by atoms with Gasteiger partial charge in [0.2, 0.25) is 0 Å². The van der Waals surface area contributed by atoms with Crippen molar-refractivity contribution in [2.45, 2.75) is 26.2 Å². The molecular formula is C13H12F3N7. The number of fused-ring (bicyclic) bond motifs is 1. The number of halogens is 3. The number of nitrogens with zero attached hydrogens (tertiary/aromatic N) is 7. The Kier molecular flexibility index (Phi) is 3.58. The van der Waals surface area contributed by atoms with Crippen LogP contribution in [0.1, 0.15) is 6.92 Å². The van der Waals surface area contributed by atoms with E-state index < -0.39 is 12.7 Å². The SMILES string of the molecule is C=Nc1ncnc2c1nc(-c1cnn(CC(F)(F)F)c1)n2CC. The van der Waals surface area contributed by atoms with E-state index in [2.05, 4.69) is 31.8 Å². The molecule has 0 fully saturated rings. The number of hydrogen-bond acceptors (Lipinski definition) is 5. The van der Waals surface area contributed by atoms with Gasteiger partial charge in [-0.1, -0.05) is 0 Å². The van der Waals surface area contributed by atoms with Crippen LogP contribution in [0.5, 0.6) is 0 Å². The summed E-state index contributed by atoms with van der Waals surface area (Å²) in [7, 11) is 0. The van der Waals surface area contributed by atoms with Gasteiger partial charge in [0.15, 0.2) is 17.0 Å². The van der Waals surface area contributed by atoms with E-state index in [9.17, 15) is 13.2 Å². The van der Waals surface area contributed by atoms with Gasteiger partial charge in [0.1, 0.15) is 18.7 Å². The first-order valence-electron chi connectivity index (χ1n) is 6.70. The summed E-state index contributed by atoms with van der Waals surface area (Å²) in [6.07, 6.45) is -0.348. The topological polar surface area (TPSA) is 73.8 Å². The number of rotatable bonds is 4. The van der Waals surface area contributed by atoms with Crippen LogP contribution in [0.15, 0.2) is 23.7 Å². The molecule has 10 heteroatoms. The molecule has 0 atom stereocenters. The third-order valence-corrected chi connectivity index (χ3v) is 3.21. The highest BCUT2D eigenvalue weighted by Gasteiger charge is 2.28. The van der Waals surface area contributed by atoms with Crippen molar-refractivity contribution in [2.75, 3.05) is 0 Å². The maximum Gasteiger partial charge on any atom is 0.408 e. The molecule has 0 spiro atoms. The first-order chi connectivity index (χ1) is 10.9. The highest BCUT2D eigenvalue weighted by molar-refractivity contribution is 5.85. The number of imidazole rings is 1. The Labute approximate surface area is 128 Å². The Morgan fingerprint density at radius 2 is 2.09 bits per heavy atom. The molecule has 0 aliphatic rings. The first kappa shape index (κ1) is 15.1. The summed E-state index contributed by atoms with van der Waals surface area (Å²) in [6.45, 7) is 4.69. The minimum atomic E-state index is -4.33. The fraction of sp³-hybridized carbons (Fsp3) is 0.308. The number of aromatic nitrogens is 6. The lowest BCUT2D eigenvalue weighted by atomic mass is 10.3. The van der Waals surface area contributed by atoms with Crippen LogP contribution < -0.4 is 0 Å². The molecule has 3 rings (SSSR count). The van der Waals surface area contributed by atoms with Crippen molar-refractivity contribution in [1.82, 2.24) is 29.3 Å². The van der Waals surface area contributed by atoms with Gasteiger partial charge < -0.3 is 4.57 Å². The average Bonchev–Trinajstić information content (AvgIpc) is 3.08. The zero-order valence-corrected chi connectivity index (χ0v) is 12.1. The molecule has 0 radical (unpaired) electrons. The zero-order chi connectivity index (χ0) is 16.6. The molecule has 0 amide bonds. The molecule has 23 heavy (non-hydrogen) atoms. The van der Waals surface area contributed by atoms with Gasteiger partial charge >= 0.3 is 6.18 Å². The number of hydrogen-bond donors (Lipinski definition) is 0. The van der Waals surface area contributed by atoms with E-state index in [1.54, 1.807) is 4.57 Å². The van der Waals surface area contributed by atoms with Gasteiger partial charge in [-0.2, -0.15) is 18.3 Å². The van der Waals surface area contributed by atoms with Crippen LogP contribution in [0.3, 0.4) is 0 Å². The van der Waals surface area contributed by atoms with Gasteiger partial charge in [-0.3, -0.25) is 4.68 Å². The van der Waals surface area contributed by atoms with Crippen molar-refractivity contribution in [3.63, 3.8) is 0 Å². The summed E-state index contributed by atoms with van der Waals surface area (Å²) in [5.74, 6) is 0.785. The fourth-order valence-electron chi connectivity index (χ4n) is 2.31. The molecule has 0 saturated carbocycles. The van der Waals surface area contributed by atoms with Crippen LogP contribution in [0.25, 0.3) is 22.6 Å². The summed E-state index contributed by atoms with van der Waals surface area (Å²) in [5, 5.41) is 3.74. The van der Waals surface area contributed by atoms with E-state index in [0.29, 0.717) is 34.9 Å². The molecule has 7 nitrogen and oxygen atoms in total. The lowest BCUT2D eigenvalue weighted by Crippen LogP contribution is -2.17. The van der Waals surface area contributed by atoms with Crippen molar-refractivity contribution in [1.29, 1.82) is 0 Å². The summed E-state index contributed by atoms with van der Waals surface area (Å²) in [5.41, 5.74) is 1.45. The second kappa shape index (κ2) is 5.45. The average molecular weight is 323 g/mol. The molecule has 0 N–H and O–H groups in total. The Bertz CT molecular complexity index is 862. The van der Waals surface area contributed by atoms with Gasteiger partial charge in [0, 0.05) is 12.7 Å². The minimum absolute atomic E-state index is 0.325. The Hall–Kier alpha value is -2.78. The summed E-state index contributed by atoms with van der Waals surface area (Å²) in [4.78, 5) is 16.3. The molecule has 0 unspecified atom stereocenters. The molecule has 0 saturated heterocycles. The third-order valence-electron chi connectivity index (χ3n) is 3.21. The third kappa shape index (κ3) is 2.79. The van der Waals surface area contributed by atoms with E-state index in [0.717, 1.165) is 4.68 Å². The molecule has 3 aromatic rings. The smallest absolute Gasteiger partial charge is 0.309 e. The van der Waals surface area contributed by atoms with Gasteiger partial charge in [-0.25, -0.2) is 19.9 Å². The molecule has 3 aromatic heterocycles. The maximum absolute atomic E-state index is 12.4. The normalized spacial score (nSPS) is 12.0. The maximum atomic E-state index is 12.4. The van der Waals surface area contributed by atoms with Crippen LogP contribution >= 0.6 is 0 Å². The second-order valence-corrected chi connectivity index (χ2v) is 4.75. The Balaban J connectivity index is 2.11. The molecule has 0 aromatic carbocycles. The number of aryl methyl sites for hydroxylation is 1. The van der Waals surface area contributed by atoms with Crippen molar-refractivity contribution in [3.05, 3.63) is 18.7 Å². The second-order valence-electron chi connectivity index (χ2n) is 4.75. The highest BCUT2D eigenvalue weighted by Crippen LogP contribution is 2.28. The quantitative estimate of drug-likeness (QED) is 0.692. The lowest BCUT2D eigenvalue weighted by Gasteiger charge is -2.05. The monoisotopic (exact) mass is 323 g/mol. The van der Waals surface area contributed by atoms with Crippen molar-refractivity contribution < 1.29 is 13.2 Å². The number of aliphatic imine (C=N–C) groups is 1. The summed E-state index contributed by atoms with van der Waals surface area (Å²) < 4.78 is 39.9. The molecule has 3 heterocycles. The van der Waals surface area contributed by atoms with Crippen LogP contribution in [0, 0.1) is 0 Å². The van der Waals surface area contributed by atoms with E-state index in [-0.39, 0.29) is 0 Å². The molecular weight excluding hydrogens is 311 g/mol.